The molecule has 0 amide bonds. The minimum Gasteiger partial charge on any atom is -0.317 e. The quantitative estimate of drug-likeness (QED) is 0.823. The van der Waals surface area contributed by atoms with E-state index >= 15 is 0 Å². The van der Waals surface area contributed by atoms with Crippen LogP contribution in [0.15, 0.2) is 24.3 Å². The average Bonchev–Trinajstić information content (AvgIpc) is 2.71. The van der Waals surface area contributed by atoms with Crippen molar-refractivity contribution in [3.05, 3.63) is 46.2 Å². The van der Waals surface area contributed by atoms with Gasteiger partial charge in [0.2, 0.25) is 0 Å². The van der Waals surface area contributed by atoms with E-state index < -0.39 is 0 Å². The zero-order valence-electron chi connectivity index (χ0n) is 12.4. The van der Waals surface area contributed by atoms with Gasteiger partial charge in [-0.15, -0.1) is 0 Å². The summed E-state index contributed by atoms with van der Waals surface area (Å²) in [6.45, 7) is 8.39. The van der Waals surface area contributed by atoms with Crippen LogP contribution in [-0.2, 0) is 6.42 Å². The van der Waals surface area contributed by atoms with Crippen molar-refractivity contribution >= 4 is 11.6 Å². The number of hydrogen-bond acceptors (Lipinski definition) is 2. The third-order valence-corrected chi connectivity index (χ3v) is 3.87. The smallest absolute Gasteiger partial charge is 0.0835 e. The van der Waals surface area contributed by atoms with Gasteiger partial charge in [0.1, 0.15) is 0 Å². The molecular formula is C16H22ClN3. The highest BCUT2D eigenvalue weighted by molar-refractivity contribution is 6.32. The maximum atomic E-state index is 6.27. The molecule has 0 aliphatic carbocycles. The van der Waals surface area contributed by atoms with Gasteiger partial charge in [-0.2, -0.15) is 5.10 Å². The van der Waals surface area contributed by atoms with Crippen molar-refractivity contribution in [3.63, 3.8) is 0 Å². The van der Waals surface area contributed by atoms with Gasteiger partial charge in [0.15, 0.2) is 0 Å². The summed E-state index contributed by atoms with van der Waals surface area (Å²) in [6.07, 6.45) is 2.18. The molecule has 1 heterocycles. The first-order valence-corrected chi connectivity index (χ1v) is 7.53. The second-order valence-corrected chi connectivity index (χ2v) is 5.38. The number of aryl methyl sites for hydroxylation is 1. The zero-order chi connectivity index (χ0) is 14.5. The van der Waals surface area contributed by atoms with Crippen LogP contribution in [0.4, 0.5) is 0 Å². The molecule has 0 saturated carbocycles. The van der Waals surface area contributed by atoms with Crippen molar-refractivity contribution in [2.24, 2.45) is 0 Å². The fourth-order valence-electron chi connectivity index (χ4n) is 2.46. The molecule has 1 N–H and O–H groups in total. The summed E-state index contributed by atoms with van der Waals surface area (Å²) in [5, 5.41) is 8.74. The number of para-hydroxylation sites is 1. The Labute approximate surface area is 126 Å². The van der Waals surface area contributed by atoms with Crippen LogP contribution in [0.5, 0.6) is 0 Å². The molecule has 0 saturated heterocycles. The molecule has 108 valence electrons. The van der Waals surface area contributed by atoms with Gasteiger partial charge in [0.05, 0.1) is 16.4 Å². The van der Waals surface area contributed by atoms with E-state index in [1.54, 1.807) is 0 Å². The maximum Gasteiger partial charge on any atom is 0.0835 e. The van der Waals surface area contributed by atoms with Gasteiger partial charge in [-0.3, -0.25) is 0 Å². The summed E-state index contributed by atoms with van der Waals surface area (Å²) >= 11 is 6.27. The topological polar surface area (TPSA) is 29.9 Å². The number of halogens is 1. The van der Waals surface area contributed by atoms with Gasteiger partial charge in [0.25, 0.3) is 0 Å². The van der Waals surface area contributed by atoms with E-state index in [9.17, 15) is 0 Å². The van der Waals surface area contributed by atoms with Crippen LogP contribution in [0.3, 0.4) is 0 Å². The lowest BCUT2D eigenvalue weighted by atomic mass is 10.1. The summed E-state index contributed by atoms with van der Waals surface area (Å²) in [6, 6.07) is 7.83. The first-order chi connectivity index (χ1) is 9.65. The first kappa shape index (κ1) is 15.1. The highest BCUT2D eigenvalue weighted by Crippen LogP contribution is 2.24. The summed E-state index contributed by atoms with van der Waals surface area (Å²) in [5.74, 6) is 0. The molecule has 0 bridgehead atoms. The lowest BCUT2D eigenvalue weighted by molar-refractivity contribution is 0.670. The molecule has 0 radical (unpaired) electrons. The van der Waals surface area contributed by atoms with E-state index in [-0.39, 0.29) is 0 Å². The second kappa shape index (κ2) is 6.91. The lowest BCUT2D eigenvalue weighted by Gasteiger charge is -2.07. The molecule has 2 aromatic rings. The van der Waals surface area contributed by atoms with Crippen molar-refractivity contribution in [1.82, 2.24) is 15.1 Å². The van der Waals surface area contributed by atoms with Crippen LogP contribution in [0.2, 0.25) is 5.02 Å². The molecular weight excluding hydrogens is 270 g/mol. The van der Waals surface area contributed by atoms with Gasteiger partial charge in [-0.05, 0) is 57.5 Å². The SMILES string of the molecule is CCNCCCc1c(C)nn(-c2ccccc2Cl)c1C. The number of benzene rings is 1. The Balaban J connectivity index is 2.23. The van der Waals surface area contributed by atoms with Crippen LogP contribution < -0.4 is 5.32 Å². The summed E-state index contributed by atoms with van der Waals surface area (Å²) < 4.78 is 1.96. The Morgan fingerprint density at radius 2 is 2.00 bits per heavy atom. The van der Waals surface area contributed by atoms with Crippen LogP contribution in [0.25, 0.3) is 5.69 Å². The van der Waals surface area contributed by atoms with Crippen LogP contribution in [-0.4, -0.2) is 22.9 Å². The molecule has 0 unspecified atom stereocenters. The predicted octanol–water partition coefficient (Wildman–Crippen LogP) is 3.68. The van der Waals surface area contributed by atoms with Crippen LogP contribution >= 0.6 is 11.6 Å². The Morgan fingerprint density at radius 1 is 1.25 bits per heavy atom. The normalized spacial score (nSPS) is 11.0. The van der Waals surface area contributed by atoms with Crippen molar-refractivity contribution in [2.45, 2.75) is 33.6 Å². The van der Waals surface area contributed by atoms with Crippen molar-refractivity contribution in [3.8, 4) is 5.69 Å². The molecule has 4 heteroatoms. The summed E-state index contributed by atoms with van der Waals surface area (Å²) in [5.41, 5.74) is 4.57. The van der Waals surface area contributed by atoms with E-state index in [0.717, 1.165) is 42.3 Å². The molecule has 0 atom stereocenters. The van der Waals surface area contributed by atoms with E-state index in [1.165, 1.54) is 11.3 Å². The van der Waals surface area contributed by atoms with Crippen molar-refractivity contribution in [1.29, 1.82) is 0 Å². The largest absolute Gasteiger partial charge is 0.317 e. The third kappa shape index (κ3) is 3.22. The highest BCUT2D eigenvalue weighted by atomic mass is 35.5. The first-order valence-electron chi connectivity index (χ1n) is 7.15. The maximum absolute atomic E-state index is 6.27. The fourth-order valence-corrected chi connectivity index (χ4v) is 2.68. The minimum atomic E-state index is 0.734. The fraction of sp³-hybridized carbons (Fsp3) is 0.438. The number of nitrogens with zero attached hydrogens (tertiary/aromatic N) is 2. The monoisotopic (exact) mass is 291 g/mol. The Bertz CT molecular complexity index is 575. The molecule has 1 aromatic heterocycles. The molecule has 0 aliphatic rings. The van der Waals surface area contributed by atoms with Gasteiger partial charge < -0.3 is 5.32 Å². The Kier molecular flexibility index (Phi) is 5.21. The number of aromatic nitrogens is 2. The highest BCUT2D eigenvalue weighted by Gasteiger charge is 2.13. The third-order valence-electron chi connectivity index (χ3n) is 3.55. The van der Waals surface area contributed by atoms with E-state index in [4.69, 9.17) is 11.6 Å². The van der Waals surface area contributed by atoms with Gasteiger partial charge in [-0.25, -0.2) is 4.68 Å². The Hall–Kier alpha value is -1.32. The number of nitrogens with one attached hydrogen (secondary N) is 1. The number of rotatable bonds is 6. The predicted molar refractivity (Wildman–Crippen MR) is 84.9 cm³/mol. The molecule has 0 spiro atoms. The molecule has 0 aliphatic heterocycles. The van der Waals surface area contributed by atoms with E-state index in [2.05, 4.69) is 31.2 Å². The van der Waals surface area contributed by atoms with Gasteiger partial charge in [0, 0.05) is 5.69 Å². The standard InChI is InChI=1S/C16H22ClN3/c1-4-18-11-7-8-14-12(2)19-20(13(14)3)16-10-6-5-9-15(16)17/h5-6,9-10,18H,4,7-8,11H2,1-3H3. The molecule has 2 rings (SSSR count). The average molecular weight is 292 g/mol. The van der Waals surface area contributed by atoms with Crippen molar-refractivity contribution in [2.75, 3.05) is 13.1 Å². The molecule has 20 heavy (non-hydrogen) atoms. The molecule has 3 nitrogen and oxygen atoms in total. The molecule has 0 fully saturated rings. The minimum absolute atomic E-state index is 0.734. The van der Waals surface area contributed by atoms with Gasteiger partial charge >= 0.3 is 0 Å². The van der Waals surface area contributed by atoms with Crippen LogP contribution in [0.1, 0.15) is 30.3 Å². The van der Waals surface area contributed by atoms with Crippen LogP contribution in [0, 0.1) is 13.8 Å². The number of hydrogen-bond donors (Lipinski definition) is 1. The summed E-state index contributed by atoms with van der Waals surface area (Å²) in [4.78, 5) is 0. The van der Waals surface area contributed by atoms with Crippen molar-refractivity contribution < 1.29 is 0 Å². The Morgan fingerprint density at radius 3 is 2.70 bits per heavy atom. The van der Waals surface area contributed by atoms with E-state index in [0.29, 0.717) is 0 Å². The summed E-state index contributed by atoms with van der Waals surface area (Å²) in [7, 11) is 0. The second-order valence-electron chi connectivity index (χ2n) is 4.97. The zero-order valence-corrected chi connectivity index (χ0v) is 13.2. The molecule has 1 aromatic carbocycles. The lowest BCUT2D eigenvalue weighted by Crippen LogP contribution is -2.14. The van der Waals surface area contributed by atoms with E-state index in [1.807, 2.05) is 28.9 Å². The van der Waals surface area contributed by atoms with Gasteiger partial charge in [-0.1, -0.05) is 30.7 Å².